The lowest BCUT2D eigenvalue weighted by atomic mass is 9.78. The summed E-state index contributed by atoms with van der Waals surface area (Å²) in [5.74, 6) is 0. The van der Waals surface area contributed by atoms with E-state index >= 15 is 0 Å². The number of rotatable bonds is 8. The number of hydrogen-bond acceptors (Lipinski definition) is 1. The molecule has 10 aromatic rings. The van der Waals surface area contributed by atoms with E-state index < -0.39 is 0 Å². The minimum absolute atomic E-state index is 0.00647. The third-order valence-electron chi connectivity index (χ3n) is 14.0. The van der Waals surface area contributed by atoms with Crippen molar-refractivity contribution in [2.24, 2.45) is 0 Å². The summed E-state index contributed by atoms with van der Waals surface area (Å²) in [5, 5.41) is 5.00. The Morgan fingerprint density at radius 2 is 0.696 bits per heavy atom. The maximum absolute atomic E-state index is 2.48. The van der Waals surface area contributed by atoms with Crippen molar-refractivity contribution in [1.82, 2.24) is 0 Å². The van der Waals surface area contributed by atoms with Crippen LogP contribution in [0, 0.1) is 0 Å². The lowest BCUT2D eigenvalue weighted by Gasteiger charge is -2.30. The van der Waals surface area contributed by atoms with Gasteiger partial charge in [0.2, 0.25) is 0 Å². The molecule has 10 aromatic carbocycles. The van der Waals surface area contributed by atoms with E-state index in [1.54, 1.807) is 0 Å². The Morgan fingerprint density at radius 3 is 1.30 bits per heavy atom. The van der Waals surface area contributed by atoms with Crippen molar-refractivity contribution in [3.63, 3.8) is 0 Å². The quantitative estimate of drug-likeness (QED) is 0.147. The Balaban J connectivity index is 1.14. The van der Waals surface area contributed by atoms with Crippen LogP contribution in [0.15, 0.2) is 218 Å². The second-order valence-corrected chi connectivity index (χ2v) is 21.9. The molecule has 0 aliphatic rings. The second-order valence-electron chi connectivity index (χ2n) is 21.9. The summed E-state index contributed by atoms with van der Waals surface area (Å²) in [5.41, 5.74) is 19.5. The third-order valence-corrected chi connectivity index (χ3v) is 14.0. The number of para-hydroxylation sites is 2. The Kier molecular flexibility index (Phi) is 11.7. The van der Waals surface area contributed by atoms with E-state index in [0.29, 0.717) is 0 Å². The van der Waals surface area contributed by atoms with E-state index in [1.807, 2.05) is 0 Å². The first-order chi connectivity index (χ1) is 33.1. The van der Waals surface area contributed by atoms with Crippen molar-refractivity contribution < 1.29 is 0 Å². The Hall–Kier alpha value is -7.48. The average Bonchev–Trinajstić information content (AvgIpc) is 3.35. The van der Waals surface area contributed by atoms with E-state index in [1.165, 1.54) is 93.9 Å². The van der Waals surface area contributed by atoms with Crippen molar-refractivity contribution in [2.75, 3.05) is 4.90 Å². The second kappa shape index (κ2) is 17.9. The molecule has 0 spiro atoms. The molecule has 0 amide bonds. The number of nitrogens with zero attached hydrogens (tertiary/aromatic N) is 1. The Morgan fingerprint density at radius 1 is 0.275 bits per heavy atom. The van der Waals surface area contributed by atoms with Crippen LogP contribution in [0.1, 0.15) is 79.0 Å². The molecule has 1 nitrogen and oxygen atoms in total. The van der Waals surface area contributed by atoms with Crippen LogP contribution in [0.25, 0.3) is 77.2 Å². The fraction of sp³-hybridized carbons (Fsp3) is 0.176. The van der Waals surface area contributed by atoms with E-state index in [2.05, 4.69) is 286 Å². The SMILES string of the molecule is CC(C)(C)c1ccc(-c2ccccc2N(c2ccc(-c3ccc(-c4cccc5ccccc45)cc3)cc2)c2ccccc2-c2cccc3cccc(-c4cc(C(C)(C)C)cc(C(C)(C)C)c4)c23)cc1. The van der Waals surface area contributed by atoms with Gasteiger partial charge in [-0.05, 0) is 123 Å². The molecular formula is C68H63N. The Labute approximate surface area is 410 Å². The zero-order valence-corrected chi connectivity index (χ0v) is 41.7. The van der Waals surface area contributed by atoms with E-state index in [0.717, 1.165) is 17.1 Å². The molecule has 0 fully saturated rings. The molecule has 10 rings (SSSR count). The van der Waals surface area contributed by atoms with Crippen LogP contribution in [0.3, 0.4) is 0 Å². The summed E-state index contributed by atoms with van der Waals surface area (Å²) < 4.78 is 0. The predicted octanol–water partition coefficient (Wildman–Crippen LogP) is 19.7. The van der Waals surface area contributed by atoms with Gasteiger partial charge in [0.1, 0.15) is 0 Å². The fourth-order valence-corrected chi connectivity index (χ4v) is 9.94. The number of benzene rings is 10. The van der Waals surface area contributed by atoms with Crippen molar-refractivity contribution in [3.05, 3.63) is 235 Å². The summed E-state index contributed by atoms with van der Waals surface area (Å²) >= 11 is 0. The topological polar surface area (TPSA) is 3.24 Å². The van der Waals surface area contributed by atoms with Gasteiger partial charge in [0.05, 0.1) is 11.4 Å². The summed E-state index contributed by atoms with van der Waals surface area (Å²) in [4.78, 5) is 2.48. The normalized spacial score (nSPS) is 12.1. The van der Waals surface area contributed by atoms with Crippen LogP contribution in [0.4, 0.5) is 17.1 Å². The molecule has 69 heavy (non-hydrogen) atoms. The summed E-state index contributed by atoms with van der Waals surface area (Å²) in [6.45, 7) is 20.8. The first kappa shape index (κ1) is 45.3. The predicted molar refractivity (Wildman–Crippen MR) is 299 cm³/mol. The fourth-order valence-electron chi connectivity index (χ4n) is 9.94. The van der Waals surface area contributed by atoms with Crippen molar-refractivity contribution >= 4 is 38.6 Å². The highest BCUT2D eigenvalue weighted by Crippen LogP contribution is 2.48. The molecule has 0 aromatic heterocycles. The average molecular weight is 894 g/mol. The molecule has 0 aliphatic carbocycles. The smallest absolute Gasteiger partial charge is 0.0540 e. The lowest BCUT2D eigenvalue weighted by molar-refractivity contribution is 0.569. The van der Waals surface area contributed by atoms with Gasteiger partial charge >= 0.3 is 0 Å². The molecule has 340 valence electrons. The molecule has 0 N–H and O–H groups in total. The number of fused-ring (bicyclic) bond motifs is 2. The highest BCUT2D eigenvalue weighted by Gasteiger charge is 2.25. The highest BCUT2D eigenvalue weighted by molar-refractivity contribution is 6.09. The maximum Gasteiger partial charge on any atom is 0.0540 e. The van der Waals surface area contributed by atoms with Crippen LogP contribution < -0.4 is 4.90 Å². The van der Waals surface area contributed by atoms with E-state index in [9.17, 15) is 0 Å². The molecule has 0 aliphatic heterocycles. The minimum atomic E-state index is -0.00647. The molecule has 0 heterocycles. The van der Waals surface area contributed by atoms with Gasteiger partial charge in [0.15, 0.2) is 0 Å². The molecule has 0 unspecified atom stereocenters. The number of anilines is 3. The molecule has 0 saturated heterocycles. The highest BCUT2D eigenvalue weighted by atomic mass is 15.1. The summed E-state index contributed by atoms with van der Waals surface area (Å²) in [7, 11) is 0. The minimum Gasteiger partial charge on any atom is -0.309 e. The van der Waals surface area contributed by atoms with E-state index in [4.69, 9.17) is 0 Å². The summed E-state index contributed by atoms with van der Waals surface area (Å²) in [6, 6.07) is 81.4. The third kappa shape index (κ3) is 9.03. The van der Waals surface area contributed by atoms with Gasteiger partial charge in [-0.25, -0.2) is 0 Å². The monoisotopic (exact) mass is 893 g/mol. The van der Waals surface area contributed by atoms with Crippen LogP contribution in [0.2, 0.25) is 0 Å². The molecular weight excluding hydrogens is 831 g/mol. The van der Waals surface area contributed by atoms with Gasteiger partial charge in [0, 0.05) is 16.8 Å². The molecule has 1 heteroatoms. The standard InChI is InChI=1S/C68H63N/c1-66(2,3)53-39-35-50(36-40-53)59-24-12-14-29-63(59)69(56-41-37-47(38-42-56)46-31-33-49(34-32-46)58-26-16-20-48-19-10-11-23-57(48)58)64-30-15-13-25-61(64)62-28-18-22-51-21-17-27-60(65(51)62)52-43-54(67(4,5)6)45-55(44-52)68(7,8)9/h10-45H,1-9H3. The van der Waals surface area contributed by atoms with Gasteiger partial charge in [0.25, 0.3) is 0 Å². The van der Waals surface area contributed by atoms with Crippen LogP contribution in [-0.4, -0.2) is 0 Å². The van der Waals surface area contributed by atoms with Crippen LogP contribution >= 0.6 is 0 Å². The zero-order valence-electron chi connectivity index (χ0n) is 41.7. The van der Waals surface area contributed by atoms with Crippen molar-refractivity contribution in [3.8, 4) is 55.6 Å². The van der Waals surface area contributed by atoms with Crippen molar-refractivity contribution in [2.45, 2.75) is 78.6 Å². The van der Waals surface area contributed by atoms with E-state index in [-0.39, 0.29) is 16.2 Å². The molecule has 0 bridgehead atoms. The summed E-state index contributed by atoms with van der Waals surface area (Å²) in [6.07, 6.45) is 0. The van der Waals surface area contributed by atoms with Gasteiger partial charge < -0.3 is 4.90 Å². The van der Waals surface area contributed by atoms with Gasteiger partial charge in [-0.15, -0.1) is 0 Å². The molecule has 0 saturated carbocycles. The van der Waals surface area contributed by atoms with Gasteiger partial charge in [-0.2, -0.15) is 0 Å². The van der Waals surface area contributed by atoms with Crippen LogP contribution in [-0.2, 0) is 16.2 Å². The molecule has 0 atom stereocenters. The first-order valence-electron chi connectivity index (χ1n) is 24.6. The molecule has 0 radical (unpaired) electrons. The Bertz CT molecular complexity index is 3420. The van der Waals surface area contributed by atoms with Gasteiger partial charge in [-0.1, -0.05) is 256 Å². The zero-order chi connectivity index (χ0) is 48.1. The first-order valence-corrected chi connectivity index (χ1v) is 24.6. The number of hydrogen-bond donors (Lipinski definition) is 0. The largest absolute Gasteiger partial charge is 0.309 e. The van der Waals surface area contributed by atoms with Crippen LogP contribution in [0.5, 0.6) is 0 Å². The van der Waals surface area contributed by atoms with Gasteiger partial charge in [-0.3, -0.25) is 0 Å². The van der Waals surface area contributed by atoms with Crippen molar-refractivity contribution in [1.29, 1.82) is 0 Å². The lowest BCUT2D eigenvalue weighted by Crippen LogP contribution is -2.16. The maximum atomic E-state index is 2.48.